The van der Waals surface area contributed by atoms with Crippen LogP contribution in [0.5, 0.6) is 5.75 Å². The van der Waals surface area contributed by atoms with Crippen LogP contribution in [0, 0.1) is 0 Å². The van der Waals surface area contributed by atoms with Crippen molar-refractivity contribution in [3.05, 3.63) is 30.0 Å². The highest BCUT2D eigenvalue weighted by Gasteiger charge is 2.43. The van der Waals surface area contributed by atoms with Crippen molar-refractivity contribution in [2.75, 3.05) is 19.6 Å². The summed E-state index contributed by atoms with van der Waals surface area (Å²) in [5, 5.41) is 31.1. The van der Waals surface area contributed by atoms with Crippen molar-refractivity contribution < 1.29 is 24.8 Å². The van der Waals surface area contributed by atoms with Crippen LogP contribution in [0.2, 0.25) is 0 Å². The summed E-state index contributed by atoms with van der Waals surface area (Å²) < 4.78 is 11.4. The number of aromatic amines is 1. The third kappa shape index (κ3) is 4.12. The summed E-state index contributed by atoms with van der Waals surface area (Å²) in [5.74, 6) is 0.543. The third-order valence-electron chi connectivity index (χ3n) is 5.41. The number of aliphatic hydroxyl groups excluding tert-OH is 3. The Morgan fingerprint density at radius 3 is 2.56 bits per heavy atom. The zero-order chi connectivity index (χ0) is 19.6. The fraction of sp³-hybridized carbons (Fsp3) is 0.600. The Morgan fingerprint density at radius 1 is 1.11 bits per heavy atom. The number of likely N-dealkylation sites (N-methyl/N-ethyl adjacent to an activating group) is 1. The quantitative estimate of drug-likeness (QED) is 0.579. The van der Waals surface area contributed by atoms with Gasteiger partial charge in [-0.05, 0) is 38.1 Å². The molecule has 1 fully saturated rings. The number of H-pyrrole nitrogens is 1. The first kappa shape index (κ1) is 20.1. The minimum Gasteiger partial charge on any atom is -0.460 e. The van der Waals surface area contributed by atoms with E-state index < -0.39 is 30.7 Å². The first-order valence-electron chi connectivity index (χ1n) is 9.63. The first-order valence-corrected chi connectivity index (χ1v) is 9.63. The molecule has 0 saturated carbocycles. The van der Waals surface area contributed by atoms with E-state index in [-0.39, 0.29) is 0 Å². The van der Waals surface area contributed by atoms with Crippen molar-refractivity contribution in [2.45, 2.75) is 57.9 Å². The molecule has 1 aliphatic heterocycles. The number of ether oxygens (including phenoxy) is 2. The van der Waals surface area contributed by atoms with Crippen molar-refractivity contribution in [1.82, 2.24) is 9.88 Å². The number of aliphatic hydroxyl groups is 3. The topological polar surface area (TPSA) is 98.2 Å². The third-order valence-corrected chi connectivity index (χ3v) is 5.41. The number of hydrogen-bond donors (Lipinski definition) is 4. The van der Waals surface area contributed by atoms with Crippen molar-refractivity contribution in [3.8, 4) is 5.75 Å². The maximum absolute atomic E-state index is 10.2. The molecule has 27 heavy (non-hydrogen) atoms. The van der Waals surface area contributed by atoms with Gasteiger partial charge in [-0.2, -0.15) is 0 Å². The number of aromatic nitrogens is 1. The van der Waals surface area contributed by atoms with Crippen LogP contribution in [-0.4, -0.2) is 75.5 Å². The summed E-state index contributed by atoms with van der Waals surface area (Å²) >= 11 is 0. The molecule has 0 aliphatic carbocycles. The van der Waals surface area contributed by atoms with E-state index in [1.165, 1.54) is 5.56 Å². The van der Waals surface area contributed by atoms with Gasteiger partial charge in [0.05, 0.1) is 11.6 Å². The molecule has 5 atom stereocenters. The Bertz CT molecular complexity index is 745. The van der Waals surface area contributed by atoms with Crippen LogP contribution in [0.25, 0.3) is 10.9 Å². The predicted molar refractivity (Wildman–Crippen MR) is 103 cm³/mol. The van der Waals surface area contributed by atoms with Gasteiger partial charge in [0, 0.05) is 18.1 Å². The van der Waals surface area contributed by atoms with E-state index in [4.69, 9.17) is 9.47 Å². The maximum atomic E-state index is 10.2. The molecule has 1 aromatic carbocycles. The van der Waals surface area contributed by atoms with Gasteiger partial charge in [0.2, 0.25) is 6.29 Å². The maximum Gasteiger partial charge on any atom is 0.229 e. The molecule has 0 radical (unpaired) electrons. The van der Waals surface area contributed by atoms with Crippen LogP contribution in [0.3, 0.4) is 0 Å². The standard InChI is InChI=1S/C20H30N2O5/c1-4-22(5-2)10-9-13-11-21-16-14(13)7-6-8-15(16)27-20-19(25)18(24)17(23)12(3)26-20/h6-8,11-12,17-21,23-25H,4-5,9-10H2,1-3H3. The zero-order valence-electron chi connectivity index (χ0n) is 16.1. The van der Waals surface area contributed by atoms with E-state index in [1.807, 2.05) is 18.3 Å². The van der Waals surface area contributed by atoms with Crippen LogP contribution < -0.4 is 4.74 Å². The summed E-state index contributed by atoms with van der Waals surface area (Å²) in [6.45, 7) is 8.99. The predicted octanol–water partition coefficient (Wildman–Crippen LogP) is 1.26. The fourth-order valence-electron chi connectivity index (χ4n) is 3.54. The summed E-state index contributed by atoms with van der Waals surface area (Å²) in [5.41, 5.74) is 2.03. The van der Waals surface area contributed by atoms with Crippen molar-refractivity contribution in [1.29, 1.82) is 0 Å². The molecule has 0 bridgehead atoms. The minimum absolute atomic E-state index is 0.543. The summed E-state index contributed by atoms with van der Waals surface area (Å²) in [6, 6.07) is 5.73. The SMILES string of the molecule is CCN(CC)CCc1c[nH]c2c(OC3OC(C)C(O)C(O)C3O)cccc12. The Balaban J connectivity index is 1.78. The molecule has 1 saturated heterocycles. The van der Waals surface area contributed by atoms with Crippen molar-refractivity contribution >= 4 is 10.9 Å². The number of fused-ring (bicyclic) bond motifs is 1. The van der Waals surface area contributed by atoms with E-state index in [0.29, 0.717) is 5.75 Å². The van der Waals surface area contributed by atoms with Gasteiger partial charge in [-0.15, -0.1) is 0 Å². The molecule has 3 rings (SSSR count). The Labute approximate surface area is 159 Å². The molecule has 150 valence electrons. The normalized spacial score (nSPS) is 28.8. The van der Waals surface area contributed by atoms with Gasteiger partial charge in [-0.25, -0.2) is 0 Å². The van der Waals surface area contributed by atoms with Gasteiger partial charge in [-0.1, -0.05) is 26.0 Å². The second-order valence-electron chi connectivity index (χ2n) is 7.07. The molecule has 4 N–H and O–H groups in total. The summed E-state index contributed by atoms with van der Waals surface area (Å²) in [4.78, 5) is 5.63. The molecule has 7 heteroatoms. The number of para-hydroxylation sites is 1. The lowest BCUT2D eigenvalue weighted by Gasteiger charge is -2.38. The molecular formula is C20H30N2O5. The van der Waals surface area contributed by atoms with Crippen LogP contribution in [0.15, 0.2) is 24.4 Å². The Kier molecular flexibility index (Phi) is 6.39. The van der Waals surface area contributed by atoms with Gasteiger partial charge >= 0.3 is 0 Å². The van der Waals surface area contributed by atoms with Gasteiger partial charge in [0.25, 0.3) is 0 Å². The van der Waals surface area contributed by atoms with Crippen LogP contribution >= 0.6 is 0 Å². The highest BCUT2D eigenvalue weighted by Crippen LogP contribution is 2.31. The Hall–Kier alpha value is -1.64. The van der Waals surface area contributed by atoms with E-state index in [1.54, 1.807) is 13.0 Å². The largest absolute Gasteiger partial charge is 0.460 e. The van der Waals surface area contributed by atoms with Gasteiger partial charge in [0.1, 0.15) is 24.1 Å². The lowest BCUT2D eigenvalue weighted by Crippen LogP contribution is -2.58. The lowest BCUT2D eigenvalue weighted by molar-refractivity contribution is -0.267. The van der Waals surface area contributed by atoms with Crippen molar-refractivity contribution in [3.63, 3.8) is 0 Å². The fourth-order valence-corrected chi connectivity index (χ4v) is 3.54. The molecule has 0 amide bonds. The number of nitrogens with one attached hydrogen (secondary N) is 1. The van der Waals surface area contributed by atoms with Gasteiger partial charge < -0.3 is 34.7 Å². The Morgan fingerprint density at radius 2 is 1.85 bits per heavy atom. The molecule has 5 unspecified atom stereocenters. The summed E-state index contributed by atoms with van der Waals surface area (Å²) in [6.07, 6.45) is -2.56. The molecular weight excluding hydrogens is 348 g/mol. The van der Waals surface area contributed by atoms with E-state index in [2.05, 4.69) is 23.7 Å². The van der Waals surface area contributed by atoms with Crippen molar-refractivity contribution in [2.24, 2.45) is 0 Å². The summed E-state index contributed by atoms with van der Waals surface area (Å²) in [7, 11) is 0. The molecule has 1 aliphatic rings. The number of benzene rings is 1. The molecule has 1 aromatic heterocycles. The number of hydrogen-bond acceptors (Lipinski definition) is 6. The zero-order valence-corrected chi connectivity index (χ0v) is 16.1. The lowest BCUT2D eigenvalue weighted by atomic mass is 10.00. The second kappa shape index (κ2) is 8.58. The van der Waals surface area contributed by atoms with Crippen LogP contribution in [0.4, 0.5) is 0 Å². The average molecular weight is 378 g/mol. The number of nitrogens with zero attached hydrogens (tertiary/aromatic N) is 1. The van der Waals surface area contributed by atoms with Crippen LogP contribution in [-0.2, 0) is 11.2 Å². The monoisotopic (exact) mass is 378 g/mol. The van der Waals surface area contributed by atoms with Gasteiger partial charge in [-0.3, -0.25) is 0 Å². The second-order valence-corrected chi connectivity index (χ2v) is 7.07. The van der Waals surface area contributed by atoms with E-state index in [0.717, 1.165) is 37.0 Å². The number of rotatable bonds is 7. The van der Waals surface area contributed by atoms with Crippen LogP contribution in [0.1, 0.15) is 26.3 Å². The highest BCUT2D eigenvalue weighted by molar-refractivity contribution is 5.88. The highest BCUT2D eigenvalue weighted by atomic mass is 16.7. The molecule has 7 nitrogen and oxygen atoms in total. The van der Waals surface area contributed by atoms with E-state index >= 15 is 0 Å². The smallest absolute Gasteiger partial charge is 0.229 e. The average Bonchev–Trinajstić information content (AvgIpc) is 3.09. The van der Waals surface area contributed by atoms with E-state index in [9.17, 15) is 15.3 Å². The molecule has 2 aromatic rings. The van der Waals surface area contributed by atoms with Gasteiger partial charge in [0.15, 0.2) is 0 Å². The first-order chi connectivity index (χ1) is 13.0. The minimum atomic E-state index is -1.33. The molecule has 0 spiro atoms. The molecule has 2 heterocycles.